The summed E-state index contributed by atoms with van der Waals surface area (Å²) in [5.41, 5.74) is 0.00120. The summed E-state index contributed by atoms with van der Waals surface area (Å²) in [5, 5.41) is 31.1. The summed E-state index contributed by atoms with van der Waals surface area (Å²) in [4.78, 5) is 11.9. The minimum atomic E-state index is -1.17. The maximum Gasteiger partial charge on any atom is 0.155 e. The number of aliphatic hydroxyl groups excluding tert-OH is 2. The third-order valence-electron chi connectivity index (χ3n) is 8.90. The molecule has 7 atom stereocenters. The highest BCUT2D eigenvalue weighted by molar-refractivity contribution is 5.91. The zero-order valence-corrected chi connectivity index (χ0v) is 15.5. The monoisotopic (exact) mass is 348 g/mol. The third kappa shape index (κ3) is 2.20. The van der Waals surface area contributed by atoms with Crippen LogP contribution in [0.4, 0.5) is 0 Å². The maximum atomic E-state index is 11.9. The van der Waals surface area contributed by atoms with Gasteiger partial charge in [0.2, 0.25) is 0 Å². The molecule has 0 aromatic carbocycles. The Labute approximate surface area is 150 Å². The van der Waals surface area contributed by atoms with Crippen molar-refractivity contribution in [3.63, 3.8) is 0 Å². The molecule has 4 aliphatic rings. The van der Waals surface area contributed by atoms with Crippen LogP contribution in [0.1, 0.15) is 65.2 Å². The summed E-state index contributed by atoms with van der Waals surface area (Å²) in [6.07, 6.45) is 8.03. The van der Waals surface area contributed by atoms with Crippen molar-refractivity contribution in [2.24, 2.45) is 28.6 Å². The van der Waals surface area contributed by atoms with Crippen molar-refractivity contribution in [3.8, 4) is 0 Å². The van der Waals surface area contributed by atoms with E-state index >= 15 is 0 Å². The van der Waals surface area contributed by atoms with E-state index < -0.39 is 11.7 Å². The molecular formula is C21H32O4. The Morgan fingerprint density at radius 2 is 1.84 bits per heavy atom. The second-order valence-electron chi connectivity index (χ2n) is 9.59. The van der Waals surface area contributed by atoms with Crippen molar-refractivity contribution in [2.45, 2.75) is 76.9 Å². The summed E-state index contributed by atoms with van der Waals surface area (Å²) in [6.45, 7) is 4.12. The molecule has 1 unspecified atom stereocenters. The zero-order chi connectivity index (χ0) is 18.0. The van der Waals surface area contributed by atoms with Crippen LogP contribution in [0, 0.1) is 28.6 Å². The van der Waals surface area contributed by atoms with Crippen molar-refractivity contribution in [2.75, 3.05) is 6.61 Å². The molecule has 4 heteroatoms. The Hall–Kier alpha value is -0.710. The van der Waals surface area contributed by atoms with Crippen LogP contribution in [0.15, 0.2) is 11.6 Å². The van der Waals surface area contributed by atoms with Crippen LogP contribution >= 0.6 is 0 Å². The number of fused-ring (bicyclic) bond motifs is 5. The summed E-state index contributed by atoms with van der Waals surface area (Å²) in [6, 6.07) is 0. The Balaban J connectivity index is 1.67. The van der Waals surface area contributed by atoms with Gasteiger partial charge >= 0.3 is 0 Å². The number of aliphatic hydroxyl groups is 3. The van der Waals surface area contributed by atoms with Crippen LogP contribution in [0.2, 0.25) is 0 Å². The topological polar surface area (TPSA) is 77.8 Å². The lowest BCUT2D eigenvalue weighted by Gasteiger charge is -2.59. The van der Waals surface area contributed by atoms with E-state index in [4.69, 9.17) is 0 Å². The molecule has 0 aliphatic heterocycles. The van der Waals surface area contributed by atoms with Crippen LogP contribution in [0.25, 0.3) is 0 Å². The van der Waals surface area contributed by atoms with E-state index in [1.165, 1.54) is 5.57 Å². The number of hydrogen-bond acceptors (Lipinski definition) is 4. The molecule has 0 amide bonds. The first-order valence-corrected chi connectivity index (χ1v) is 10.0. The number of carbonyl (C=O) groups excluding carboxylic acids is 1. The minimum absolute atomic E-state index is 0.133. The van der Waals surface area contributed by atoms with Crippen molar-refractivity contribution >= 4 is 5.78 Å². The Bertz CT molecular complexity index is 613. The average molecular weight is 348 g/mol. The molecule has 0 aromatic rings. The summed E-state index contributed by atoms with van der Waals surface area (Å²) >= 11 is 0. The van der Waals surface area contributed by atoms with Gasteiger partial charge < -0.3 is 15.3 Å². The molecular weight excluding hydrogens is 316 g/mol. The van der Waals surface area contributed by atoms with Gasteiger partial charge in [-0.2, -0.15) is 0 Å². The van der Waals surface area contributed by atoms with E-state index in [1.54, 1.807) is 0 Å². The SMILES string of the molecule is C[C@]12CCC(=O)C=C1CC[C@@H]1[C@@H]2CC[C@@]2(C)[C@H]1CC[C@@]2(O)C(O)CO. The lowest BCUT2D eigenvalue weighted by molar-refractivity contribution is -0.184. The van der Waals surface area contributed by atoms with Crippen LogP contribution in [-0.2, 0) is 4.79 Å². The van der Waals surface area contributed by atoms with Crippen LogP contribution in [0.3, 0.4) is 0 Å². The van der Waals surface area contributed by atoms with Gasteiger partial charge in [-0.25, -0.2) is 0 Å². The number of allylic oxidation sites excluding steroid dienone is 1. The number of hydrogen-bond donors (Lipinski definition) is 3. The lowest BCUT2D eigenvalue weighted by atomic mass is 9.46. The standard InChI is InChI=1S/C21H32O4/c1-19-8-5-14(23)11-13(19)3-4-15-16(19)6-9-20(2)17(15)7-10-21(20,25)18(24)12-22/h11,15-18,22,24-25H,3-10,12H2,1-2H3/t15-,16+,17+,18?,19+,20+,21-/m1/s1. The van der Waals surface area contributed by atoms with E-state index in [1.807, 2.05) is 6.08 Å². The fraction of sp³-hybridized carbons (Fsp3) is 0.857. The molecule has 0 heterocycles. The highest BCUT2D eigenvalue weighted by Crippen LogP contribution is 2.67. The average Bonchev–Trinajstić information content (AvgIpc) is 2.87. The fourth-order valence-corrected chi connectivity index (χ4v) is 7.31. The molecule has 25 heavy (non-hydrogen) atoms. The fourth-order valence-electron chi connectivity index (χ4n) is 7.31. The van der Waals surface area contributed by atoms with Crippen molar-refractivity contribution in [1.29, 1.82) is 0 Å². The smallest absolute Gasteiger partial charge is 0.155 e. The number of carbonyl (C=O) groups is 1. The predicted molar refractivity (Wildman–Crippen MR) is 94.8 cm³/mol. The first-order chi connectivity index (χ1) is 11.8. The maximum absolute atomic E-state index is 11.9. The molecule has 0 aromatic heterocycles. The third-order valence-corrected chi connectivity index (χ3v) is 8.90. The minimum Gasteiger partial charge on any atom is -0.394 e. The van der Waals surface area contributed by atoms with Gasteiger partial charge in [0.1, 0.15) is 6.10 Å². The van der Waals surface area contributed by atoms with E-state index in [2.05, 4.69) is 13.8 Å². The van der Waals surface area contributed by atoms with Crippen molar-refractivity contribution in [1.82, 2.24) is 0 Å². The van der Waals surface area contributed by atoms with Gasteiger partial charge in [0.25, 0.3) is 0 Å². The highest BCUT2D eigenvalue weighted by atomic mass is 16.4. The van der Waals surface area contributed by atoms with Gasteiger partial charge in [-0.3, -0.25) is 4.79 Å². The molecule has 3 saturated carbocycles. The van der Waals surface area contributed by atoms with E-state index in [-0.39, 0.29) is 23.2 Å². The molecule has 4 aliphatic carbocycles. The molecule has 0 radical (unpaired) electrons. The zero-order valence-electron chi connectivity index (χ0n) is 15.5. The molecule has 0 saturated heterocycles. The van der Waals surface area contributed by atoms with Crippen molar-refractivity contribution < 1.29 is 20.1 Å². The van der Waals surface area contributed by atoms with Gasteiger partial charge in [0.05, 0.1) is 12.2 Å². The molecule has 0 spiro atoms. The van der Waals surface area contributed by atoms with E-state index in [0.29, 0.717) is 30.6 Å². The predicted octanol–water partition coefficient (Wildman–Crippen LogP) is 2.60. The van der Waals surface area contributed by atoms with Crippen LogP contribution < -0.4 is 0 Å². The molecule has 4 nitrogen and oxygen atoms in total. The van der Waals surface area contributed by atoms with Crippen LogP contribution in [0.5, 0.6) is 0 Å². The summed E-state index contributed by atoms with van der Waals surface area (Å²) in [7, 11) is 0. The van der Waals surface area contributed by atoms with Gasteiger partial charge in [-0.15, -0.1) is 0 Å². The van der Waals surface area contributed by atoms with Crippen LogP contribution in [-0.4, -0.2) is 39.4 Å². The summed E-state index contributed by atoms with van der Waals surface area (Å²) < 4.78 is 0. The first-order valence-electron chi connectivity index (χ1n) is 10.0. The molecule has 4 rings (SSSR count). The van der Waals surface area contributed by atoms with Gasteiger partial charge in [-0.1, -0.05) is 19.4 Å². The Morgan fingerprint density at radius 3 is 2.56 bits per heavy atom. The Morgan fingerprint density at radius 1 is 1.12 bits per heavy atom. The molecule has 0 bridgehead atoms. The lowest BCUT2D eigenvalue weighted by Crippen LogP contribution is -2.59. The second kappa shape index (κ2) is 5.64. The van der Waals surface area contributed by atoms with Gasteiger partial charge in [0, 0.05) is 11.8 Å². The molecule has 140 valence electrons. The largest absolute Gasteiger partial charge is 0.394 e. The number of ketones is 1. The highest BCUT2D eigenvalue weighted by Gasteiger charge is 2.65. The normalized spacial score (nSPS) is 50.5. The van der Waals surface area contributed by atoms with E-state index in [9.17, 15) is 20.1 Å². The van der Waals surface area contributed by atoms with Gasteiger partial charge in [-0.05, 0) is 74.2 Å². The second-order valence-corrected chi connectivity index (χ2v) is 9.59. The van der Waals surface area contributed by atoms with Crippen molar-refractivity contribution in [3.05, 3.63) is 11.6 Å². The molecule has 3 N–H and O–H groups in total. The van der Waals surface area contributed by atoms with Gasteiger partial charge in [0.15, 0.2) is 5.78 Å². The summed E-state index contributed by atoms with van der Waals surface area (Å²) in [5.74, 6) is 1.81. The quantitative estimate of drug-likeness (QED) is 0.717. The number of rotatable bonds is 2. The molecule has 3 fully saturated rings. The first kappa shape index (κ1) is 17.7. The van der Waals surface area contributed by atoms with E-state index in [0.717, 1.165) is 38.5 Å². The Kier molecular flexibility index (Phi) is 3.99.